The van der Waals surface area contributed by atoms with Gasteiger partial charge in [-0.25, -0.2) is 0 Å². The fourth-order valence-corrected chi connectivity index (χ4v) is 6.67. The highest BCUT2D eigenvalue weighted by molar-refractivity contribution is 9.10. The Labute approximate surface area is 176 Å². The van der Waals surface area contributed by atoms with Gasteiger partial charge < -0.3 is 4.74 Å². The fourth-order valence-electron chi connectivity index (χ4n) is 6.07. The summed E-state index contributed by atoms with van der Waals surface area (Å²) in [6.45, 7) is 9.38. The van der Waals surface area contributed by atoms with Gasteiger partial charge >= 0.3 is 0 Å². The number of halogens is 1. The van der Waals surface area contributed by atoms with E-state index >= 15 is 0 Å². The molecule has 0 N–H and O–H groups in total. The zero-order chi connectivity index (χ0) is 19.6. The molecule has 2 saturated carbocycles. The third-order valence-electron chi connectivity index (χ3n) is 7.78. The maximum absolute atomic E-state index is 6.88. The minimum absolute atomic E-state index is 0.299. The van der Waals surface area contributed by atoms with Gasteiger partial charge in [-0.05, 0) is 78.1 Å². The summed E-state index contributed by atoms with van der Waals surface area (Å²) in [6, 6.07) is 17.6. The number of hydrogen-bond acceptors (Lipinski definition) is 1. The summed E-state index contributed by atoms with van der Waals surface area (Å²) in [6.07, 6.45) is 2.99. The van der Waals surface area contributed by atoms with E-state index in [2.05, 4.69) is 92.2 Å². The predicted molar refractivity (Wildman–Crippen MR) is 122 cm³/mol. The normalized spacial score (nSPS) is 29.8. The standard InChI is InChI=1S/C26H29BrO/c1-15-16(2)21-13-18(15)14-24(21)28-26(3,4)22-9-6-8-20-19(22)12-11-17-7-5-10-23(27)25(17)20/h5-12,15-16,18,21,24H,13-14H2,1-4H3. The monoisotopic (exact) mass is 436 g/mol. The first-order valence-corrected chi connectivity index (χ1v) is 11.4. The molecule has 2 aliphatic carbocycles. The van der Waals surface area contributed by atoms with Crippen LogP contribution in [0.5, 0.6) is 0 Å². The molecule has 3 aromatic carbocycles. The third-order valence-corrected chi connectivity index (χ3v) is 8.44. The topological polar surface area (TPSA) is 9.23 Å². The van der Waals surface area contributed by atoms with Gasteiger partial charge in [-0.15, -0.1) is 0 Å². The van der Waals surface area contributed by atoms with Crippen molar-refractivity contribution in [2.24, 2.45) is 23.7 Å². The summed E-state index contributed by atoms with van der Waals surface area (Å²) in [7, 11) is 0. The first-order valence-electron chi connectivity index (χ1n) is 10.6. The lowest BCUT2D eigenvalue weighted by Crippen LogP contribution is -2.36. The molecule has 2 heteroatoms. The molecule has 1 nitrogen and oxygen atoms in total. The smallest absolute Gasteiger partial charge is 0.0885 e. The molecule has 0 spiro atoms. The summed E-state index contributed by atoms with van der Waals surface area (Å²) in [4.78, 5) is 0. The quantitative estimate of drug-likeness (QED) is 0.382. The van der Waals surface area contributed by atoms with Crippen LogP contribution in [-0.2, 0) is 10.3 Å². The minimum atomic E-state index is -0.299. The molecule has 2 aliphatic rings. The van der Waals surface area contributed by atoms with Crippen LogP contribution in [0.1, 0.15) is 46.1 Å². The van der Waals surface area contributed by atoms with E-state index in [1.54, 1.807) is 0 Å². The van der Waals surface area contributed by atoms with Crippen molar-refractivity contribution in [1.82, 2.24) is 0 Å². The number of hydrogen-bond donors (Lipinski definition) is 0. The Morgan fingerprint density at radius 3 is 2.43 bits per heavy atom. The fraction of sp³-hybridized carbons (Fsp3) is 0.462. The molecule has 5 unspecified atom stereocenters. The van der Waals surface area contributed by atoms with Crippen molar-refractivity contribution < 1.29 is 4.74 Å². The molecule has 0 amide bonds. The van der Waals surface area contributed by atoms with Crippen molar-refractivity contribution in [1.29, 1.82) is 0 Å². The van der Waals surface area contributed by atoms with Crippen LogP contribution >= 0.6 is 15.9 Å². The van der Waals surface area contributed by atoms with Gasteiger partial charge in [0.1, 0.15) is 0 Å². The second-order valence-electron chi connectivity index (χ2n) is 9.58. The molecule has 2 bridgehead atoms. The van der Waals surface area contributed by atoms with E-state index in [-0.39, 0.29) is 5.60 Å². The predicted octanol–water partition coefficient (Wildman–Crippen LogP) is 7.69. The Balaban J connectivity index is 1.56. The Hall–Kier alpha value is -1.38. The van der Waals surface area contributed by atoms with Gasteiger partial charge in [-0.1, -0.05) is 72.2 Å². The highest BCUT2D eigenvalue weighted by atomic mass is 79.9. The van der Waals surface area contributed by atoms with E-state index < -0.39 is 0 Å². The van der Waals surface area contributed by atoms with E-state index in [1.807, 2.05) is 0 Å². The summed E-state index contributed by atoms with van der Waals surface area (Å²) in [5, 5.41) is 5.17. The second kappa shape index (κ2) is 6.57. The highest BCUT2D eigenvalue weighted by Crippen LogP contribution is 2.54. The molecule has 28 heavy (non-hydrogen) atoms. The number of ether oxygens (including phenoxy) is 1. The van der Waals surface area contributed by atoms with Crippen LogP contribution in [0.2, 0.25) is 0 Å². The lowest BCUT2D eigenvalue weighted by Gasteiger charge is -2.38. The SMILES string of the molecule is CC1C2CC(OC(C)(C)c3cccc4c3ccc3cccc(Br)c34)C(C2)C1C. The van der Waals surface area contributed by atoms with Crippen LogP contribution < -0.4 is 0 Å². The van der Waals surface area contributed by atoms with Crippen LogP contribution in [0.4, 0.5) is 0 Å². The van der Waals surface area contributed by atoms with Crippen LogP contribution in [0.25, 0.3) is 21.5 Å². The molecular weight excluding hydrogens is 408 g/mol. The van der Waals surface area contributed by atoms with E-state index in [9.17, 15) is 0 Å². The summed E-state index contributed by atoms with van der Waals surface area (Å²) >= 11 is 3.77. The van der Waals surface area contributed by atoms with Gasteiger partial charge in [-0.2, -0.15) is 0 Å². The first-order chi connectivity index (χ1) is 13.4. The molecule has 146 valence electrons. The van der Waals surface area contributed by atoms with Gasteiger partial charge in [0, 0.05) is 9.86 Å². The molecule has 3 aromatic rings. The van der Waals surface area contributed by atoms with Crippen molar-refractivity contribution in [2.45, 2.75) is 52.2 Å². The summed E-state index contributed by atoms with van der Waals surface area (Å²) < 4.78 is 8.03. The summed E-state index contributed by atoms with van der Waals surface area (Å²) in [5.41, 5.74) is 0.998. The van der Waals surface area contributed by atoms with Crippen molar-refractivity contribution in [3.8, 4) is 0 Å². The Morgan fingerprint density at radius 1 is 0.893 bits per heavy atom. The lowest BCUT2D eigenvalue weighted by molar-refractivity contribution is -0.109. The molecule has 0 heterocycles. The molecular formula is C26H29BrO. The van der Waals surface area contributed by atoms with E-state index in [1.165, 1.54) is 39.9 Å². The molecule has 0 saturated heterocycles. The molecule has 2 fully saturated rings. The van der Waals surface area contributed by atoms with Gasteiger partial charge in [0.15, 0.2) is 0 Å². The molecule has 5 rings (SSSR count). The van der Waals surface area contributed by atoms with Crippen molar-refractivity contribution in [3.05, 3.63) is 58.6 Å². The molecule has 5 atom stereocenters. The second-order valence-corrected chi connectivity index (χ2v) is 10.4. The maximum atomic E-state index is 6.88. The van der Waals surface area contributed by atoms with Gasteiger partial charge in [-0.3, -0.25) is 0 Å². The highest BCUT2D eigenvalue weighted by Gasteiger charge is 2.50. The zero-order valence-corrected chi connectivity index (χ0v) is 18.8. The first kappa shape index (κ1) is 18.6. The van der Waals surface area contributed by atoms with Crippen molar-refractivity contribution in [3.63, 3.8) is 0 Å². The molecule has 0 aromatic heterocycles. The van der Waals surface area contributed by atoms with Gasteiger partial charge in [0.25, 0.3) is 0 Å². The van der Waals surface area contributed by atoms with Crippen LogP contribution in [-0.4, -0.2) is 6.10 Å². The van der Waals surface area contributed by atoms with Crippen LogP contribution in [0.15, 0.2) is 53.0 Å². The molecule has 0 aliphatic heterocycles. The third kappa shape index (κ3) is 2.75. The van der Waals surface area contributed by atoms with E-state index in [0.29, 0.717) is 6.10 Å². The van der Waals surface area contributed by atoms with Gasteiger partial charge in [0.2, 0.25) is 0 Å². The van der Waals surface area contributed by atoms with E-state index in [4.69, 9.17) is 4.74 Å². The van der Waals surface area contributed by atoms with Crippen LogP contribution in [0.3, 0.4) is 0 Å². The average Bonchev–Trinajstić information content (AvgIpc) is 3.19. The Kier molecular flexibility index (Phi) is 4.37. The summed E-state index contributed by atoms with van der Waals surface area (Å²) in [5.74, 6) is 3.22. The maximum Gasteiger partial charge on any atom is 0.0885 e. The number of rotatable bonds is 3. The number of fused-ring (bicyclic) bond motifs is 5. The Morgan fingerprint density at radius 2 is 1.68 bits per heavy atom. The van der Waals surface area contributed by atoms with Crippen LogP contribution in [0, 0.1) is 23.7 Å². The molecule has 0 radical (unpaired) electrons. The largest absolute Gasteiger partial charge is 0.367 e. The number of benzene rings is 3. The lowest BCUT2D eigenvalue weighted by atomic mass is 9.80. The van der Waals surface area contributed by atoms with Crippen molar-refractivity contribution in [2.75, 3.05) is 0 Å². The Bertz CT molecular complexity index is 1050. The van der Waals surface area contributed by atoms with Gasteiger partial charge in [0.05, 0.1) is 11.7 Å². The zero-order valence-electron chi connectivity index (χ0n) is 17.2. The van der Waals surface area contributed by atoms with E-state index in [0.717, 1.165) is 28.1 Å². The van der Waals surface area contributed by atoms with Crippen molar-refractivity contribution >= 4 is 37.5 Å². The minimum Gasteiger partial charge on any atom is -0.367 e. The average molecular weight is 437 g/mol.